The summed E-state index contributed by atoms with van der Waals surface area (Å²) in [5.74, 6) is -0.372. The highest BCUT2D eigenvalue weighted by Crippen LogP contribution is 2.31. The lowest BCUT2D eigenvalue weighted by molar-refractivity contribution is 0.0527. The van der Waals surface area contributed by atoms with Crippen LogP contribution in [-0.2, 0) is 4.74 Å². The highest BCUT2D eigenvalue weighted by Gasteiger charge is 2.17. The summed E-state index contributed by atoms with van der Waals surface area (Å²) in [7, 11) is 0. The second-order valence-corrected chi connectivity index (χ2v) is 5.25. The van der Waals surface area contributed by atoms with Gasteiger partial charge in [0.1, 0.15) is 5.56 Å². The van der Waals surface area contributed by atoms with Crippen LogP contribution in [0.5, 0.6) is 0 Å². The molecule has 0 saturated carbocycles. The first-order valence-corrected chi connectivity index (χ1v) is 7.46. The first-order chi connectivity index (χ1) is 10.1. The molecule has 2 rings (SSSR count). The third-order valence-electron chi connectivity index (χ3n) is 3.17. The summed E-state index contributed by atoms with van der Waals surface area (Å²) >= 11 is 6.15. The zero-order valence-corrected chi connectivity index (χ0v) is 13.3. The van der Waals surface area contributed by atoms with Crippen molar-refractivity contribution in [3.05, 3.63) is 34.5 Å². The van der Waals surface area contributed by atoms with E-state index in [1.807, 2.05) is 19.1 Å². The molecule has 0 saturated heterocycles. The standard InChI is InChI=1S/C16H19ClN2O2/c1-4-6-18-15-12-8-11(17)7-10(3)14(12)19-9-13(15)16(20)21-5-2/h7-9H,4-6H2,1-3H3,(H,18,19). The number of benzene rings is 1. The molecule has 0 amide bonds. The average Bonchev–Trinajstić information content (AvgIpc) is 2.44. The number of hydrogen-bond acceptors (Lipinski definition) is 4. The molecule has 1 heterocycles. The van der Waals surface area contributed by atoms with E-state index in [0.717, 1.165) is 35.1 Å². The number of carbonyl (C=O) groups excluding carboxylic acids is 1. The van der Waals surface area contributed by atoms with Crippen molar-refractivity contribution in [1.82, 2.24) is 4.98 Å². The molecule has 0 atom stereocenters. The van der Waals surface area contributed by atoms with E-state index in [1.54, 1.807) is 13.1 Å². The maximum absolute atomic E-state index is 12.1. The van der Waals surface area contributed by atoms with Gasteiger partial charge in [-0.1, -0.05) is 18.5 Å². The topological polar surface area (TPSA) is 51.2 Å². The number of nitrogens with one attached hydrogen (secondary N) is 1. The van der Waals surface area contributed by atoms with Gasteiger partial charge in [0, 0.05) is 23.2 Å². The van der Waals surface area contributed by atoms with Crippen molar-refractivity contribution >= 4 is 34.2 Å². The fraction of sp³-hybridized carbons (Fsp3) is 0.375. The molecule has 4 nitrogen and oxygen atoms in total. The Kier molecular flexibility index (Phi) is 5.02. The van der Waals surface area contributed by atoms with Crippen LogP contribution in [-0.4, -0.2) is 24.1 Å². The molecule has 112 valence electrons. The molecule has 0 radical (unpaired) electrons. The lowest BCUT2D eigenvalue weighted by Gasteiger charge is -2.14. The van der Waals surface area contributed by atoms with E-state index >= 15 is 0 Å². The molecule has 1 N–H and O–H groups in total. The van der Waals surface area contributed by atoms with E-state index in [2.05, 4.69) is 17.2 Å². The van der Waals surface area contributed by atoms with Gasteiger partial charge in [-0.2, -0.15) is 0 Å². The van der Waals surface area contributed by atoms with Crippen LogP contribution in [0.3, 0.4) is 0 Å². The Morgan fingerprint density at radius 2 is 2.14 bits per heavy atom. The number of pyridine rings is 1. The zero-order chi connectivity index (χ0) is 15.4. The lowest BCUT2D eigenvalue weighted by atomic mass is 10.1. The second kappa shape index (κ2) is 6.76. The molecule has 21 heavy (non-hydrogen) atoms. The molecular weight excluding hydrogens is 288 g/mol. The van der Waals surface area contributed by atoms with Crippen molar-refractivity contribution in [3.8, 4) is 0 Å². The van der Waals surface area contributed by atoms with Crippen molar-refractivity contribution in [2.75, 3.05) is 18.5 Å². The van der Waals surface area contributed by atoms with Crippen molar-refractivity contribution in [2.45, 2.75) is 27.2 Å². The summed E-state index contributed by atoms with van der Waals surface area (Å²) in [5, 5.41) is 4.77. The molecule has 0 bridgehead atoms. The van der Waals surface area contributed by atoms with Crippen molar-refractivity contribution in [2.24, 2.45) is 0 Å². The van der Waals surface area contributed by atoms with E-state index in [9.17, 15) is 4.79 Å². The highest BCUT2D eigenvalue weighted by atomic mass is 35.5. The minimum absolute atomic E-state index is 0.332. The predicted molar refractivity (Wildman–Crippen MR) is 86.2 cm³/mol. The van der Waals surface area contributed by atoms with Gasteiger partial charge in [0.25, 0.3) is 0 Å². The van der Waals surface area contributed by atoms with Crippen LogP contribution in [0.15, 0.2) is 18.3 Å². The molecule has 0 aliphatic carbocycles. The van der Waals surface area contributed by atoms with Gasteiger partial charge in [-0.05, 0) is 38.0 Å². The number of nitrogens with zero attached hydrogens (tertiary/aromatic N) is 1. The number of fused-ring (bicyclic) bond motifs is 1. The van der Waals surface area contributed by atoms with Gasteiger partial charge >= 0.3 is 5.97 Å². The number of hydrogen-bond donors (Lipinski definition) is 1. The Bertz CT molecular complexity index is 671. The van der Waals surface area contributed by atoms with Crippen LogP contribution in [0.1, 0.15) is 36.2 Å². The highest BCUT2D eigenvalue weighted by molar-refractivity contribution is 6.31. The average molecular weight is 307 g/mol. The van der Waals surface area contributed by atoms with Gasteiger partial charge in [0.2, 0.25) is 0 Å². The number of carbonyl (C=O) groups is 1. The fourth-order valence-electron chi connectivity index (χ4n) is 2.24. The third kappa shape index (κ3) is 3.27. The van der Waals surface area contributed by atoms with Crippen molar-refractivity contribution in [1.29, 1.82) is 0 Å². The van der Waals surface area contributed by atoms with Gasteiger partial charge in [-0.25, -0.2) is 4.79 Å². The molecule has 1 aromatic carbocycles. The third-order valence-corrected chi connectivity index (χ3v) is 3.39. The lowest BCUT2D eigenvalue weighted by Crippen LogP contribution is -2.12. The number of halogens is 1. The van der Waals surface area contributed by atoms with Crippen LogP contribution >= 0.6 is 11.6 Å². The Morgan fingerprint density at radius 3 is 2.81 bits per heavy atom. The number of aromatic nitrogens is 1. The van der Waals surface area contributed by atoms with Gasteiger partial charge in [0.15, 0.2) is 0 Å². The van der Waals surface area contributed by atoms with Gasteiger partial charge < -0.3 is 10.1 Å². The fourth-order valence-corrected chi connectivity index (χ4v) is 2.51. The van der Waals surface area contributed by atoms with Gasteiger partial charge in [0.05, 0.1) is 17.8 Å². The van der Waals surface area contributed by atoms with Crippen LogP contribution < -0.4 is 5.32 Å². The monoisotopic (exact) mass is 306 g/mol. The van der Waals surface area contributed by atoms with Crippen LogP contribution in [0.4, 0.5) is 5.69 Å². The summed E-state index contributed by atoms with van der Waals surface area (Å²) in [6.07, 6.45) is 2.52. The first-order valence-electron chi connectivity index (χ1n) is 7.08. The summed E-state index contributed by atoms with van der Waals surface area (Å²) in [4.78, 5) is 16.5. The molecule has 0 unspecified atom stereocenters. The molecule has 2 aromatic rings. The normalized spacial score (nSPS) is 10.7. The van der Waals surface area contributed by atoms with E-state index in [4.69, 9.17) is 16.3 Å². The Hall–Kier alpha value is -1.81. The first kappa shape index (κ1) is 15.6. The number of aryl methyl sites for hydroxylation is 1. The van der Waals surface area contributed by atoms with Gasteiger partial charge in [-0.15, -0.1) is 0 Å². The largest absolute Gasteiger partial charge is 0.462 e. The Morgan fingerprint density at radius 1 is 1.38 bits per heavy atom. The minimum atomic E-state index is -0.372. The molecule has 0 spiro atoms. The maximum Gasteiger partial charge on any atom is 0.341 e. The quantitative estimate of drug-likeness (QED) is 0.841. The van der Waals surface area contributed by atoms with Crippen molar-refractivity contribution < 1.29 is 9.53 Å². The Labute approximate surface area is 129 Å². The molecule has 5 heteroatoms. The summed E-state index contributed by atoms with van der Waals surface area (Å²) in [5.41, 5.74) is 3.00. The summed E-state index contributed by atoms with van der Waals surface area (Å²) in [6, 6.07) is 3.70. The number of esters is 1. The summed E-state index contributed by atoms with van der Waals surface area (Å²) in [6.45, 7) is 6.90. The molecule has 0 aliphatic rings. The molecule has 0 aliphatic heterocycles. The van der Waals surface area contributed by atoms with E-state index in [0.29, 0.717) is 17.2 Å². The molecule has 0 fully saturated rings. The number of rotatable bonds is 5. The maximum atomic E-state index is 12.1. The minimum Gasteiger partial charge on any atom is -0.462 e. The molecule has 1 aromatic heterocycles. The Balaban J connectivity index is 2.66. The summed E-state index contributed by atoms with van der Waals surface area (Å²) < 4.78 is 5.11. The second-order valence-electron chi connectivity index (χ2n) is 4.81. The van der Waals surface area contributed by atoms with E-state index in [-0.39, 0.29) is 5.97 Å². The van der Waals surface area contributed by atoms with Crippen molar-refractivity contribution in [3.63, 3.8) is 0 Å². The number of anilines is 1. The van der Waals surface area contributed by atoms with Gasteiger partial charge in [-0.3, -0.25) is 4.98 Å². The van der Waals surface area contributed by atoms with Crippen LogP contribution in [0, 0.1) is 6.92 Å². The van der Waals surface area contributed by atoms with Crippen LogP contribution in [0.2, 0.25) is 5.02 Å². The number of ether oxygens (including phenoxy) is 1. The predicted octanol–water partition coefficient (Wildman–Crippen LogP) is 4.20. The van der Waals surface area contributed by atoms with Crippen LogP contribution in [0.25, 0.3) is 10.9 Å². The smallest absolute Gasteiger partial charge is 0.341 e. The van der Waals surface area contributed by atoms with E-state index < -0.39 is 0 Å². The zero-order valence-electron chi connectivity index (χ0n) is 12.5. The SMILES string of the molecule is CCCNc1c(C(=O)OCC)cnc2c(C)cc(Cl)cc12. The van der Waals surface area contributed by atoms with E-state index in [1.165, 1.54) is 0 Å². The molecular formula is C16H19ClN2O2.